The van der Waals surface area contributed by atoms with Gasteiger partial charge in [-0.05, 0) is 24.3 Å². The minimum atomic E-state index is -1.02. The molecule has 3 heterocycles. The molecule has 5 rings (SSSR count). The second-order valence-corrected chi connectivity index (χ2v) is 6.09. The van der Waals surface area contributed by atoms with E-state index in [4.69, 9.17) is 0 Å². The third kappa shape index (κ3) is 1.50. The first-order valence-corrected chi connectivity index (χ1v) is 7.67. The van der Waals surface area contributed by atoms with Crippen LogP contribution in [0.4, 0.5) is 10.1 Å². The van der Waals surface area contributed by atoms with E-state index in [9.17, 15) is 9.18 Å². The molecule has 2 aromatic carbocycles. The summed E-state index contributed by atoms with van der Waals surface area (Å²) in [5, 5.41) is 7.26. The van der Waals surface area contributed by atoms with Crippen molar-refractivity contribution in [1.29, 1.82) is 0 Å². The Balaban J connectivity index is 1.90. The van der Waals surface area contributed by atoms with Crippen molar-refractivity contribution in [1.82, 2.24) is 10.3 Å². The van der Waals surface area contributed by atoms with Gasteiger partial charge in [-0.25, -0.2) is 4.39 Å². The lowest BCUT2D eigenvalue weighted by Gasteiger charge is -2.33. The zero-order chi connectivity index (χ0) is 15.6. The monoisotopic (exact) mass is 307 g/mol. The molecule has 5 heteroatoms. The van der Waals surface area contributed by atoms with Crippen LogP contribution in [0.3, 0.4) is 0 Å². The zero-order valence-corrected chi connectivity index (χ0v) is 12.2. The van der Waals surface area contributed by atoms with Crippen LogP contribution in [0.5, 0.6) is 0 Å². The second kappa shape index (κ2) is 4.20. The number of nitrogens with one attached hydrogen (secondary N) is 3. The molecule has 1 spiro atoms. The number of aromatic amines is 1. The molecule has 2 aliphatic heterocycles. The molecular formula is C18H14FN3O. The third-order valence-corrected chi connectivity index (χ3v) is 4.90. The summed E-state index contributed by atoms with van der Waals surface area (Å²) in [6.07, 6.45) is 0.809. The minimum Gasteiger partial charge on any atom is -0.358 e. The van der Waals surface area contributed by atoms with E-state index in [-0.39, 0.29) is 11.7 Å². The third-order valence-electron chi connectivity index (χ3n) is 4.90. The molecule has 2 aliphatic rings. The fraction of sp³-hybridized carbons (Fsp3) is 0.167. The van der Waals surface area contributed by atoms with E-state index in [0.717, 1.165) is 28.6 Å². The van der Waals surface area contributed by atoms with E-state index in [1.807, 2.05) is 24.3 Å². The van der Waals surface area contributed by atoms with Crippen molar-refractivity contribution in [2.45, 2.75) is 12.0 Å². The van der Waals surface area contributed by atoms with Crippen molar-refractivity contribution < 1.29 is 9.18 Å². The van der Waals surface area contributed by atoms with Gasteiger partial charge >= 0.3 is 0 Å². The number of fused-ring (bicyclic) bond motifs is 6. The fourth-order valence-electron chi connectivity index (χ4n) is 3.97. The van der Waals surface area contributed by atoms with Crippen molar-refractivity contribution in [2.75, 3.05) is 11.9 Å². The van der Waals surface area contributed by atoms with Crippen molar-refractivity contribution in [3.05, 3.63) is 65.1 Å². The summed E-state index contributed by atoms with van der Waals surface area (Å²) in [6.45, 7) is 0.656. The molecular weight excluding hydrogens is 293 g/mol. The van der Waals surface area contributed by atoms with Gasteiger partial charge in [0.15, 0.2) is 5.54 Å². The van der Waals surface area contributed by atoms with E-state index >= 15 is 0 Å². The molecule has 0 aliphatic carbocycles. The highest BCUT2D eigenvalue weighted by molar-refractivity contribution is 6.11. The standard InChI is InChI=1S/C18H14FN3O/c19-10-5-6-14-12(9-10)18(17(23)22-14)16-11-3-1-2-4-13(11)21-15(16)7-8-20-18/h1-6,9,20-21H,7-8H2,(H,22,23). The first kappa shape index (κ1) is 12.8. The number of hydrogen-bond acceptors (Lipinski definition) is 2. The number of halogens is 1. The first-order chi connectivity index (χ1) is 11.2. The lowest BCUT2D eigenvalue weighted by Crippen LogP contribution is -2.52. The Kier molecular flexibility index (Phi) is 2.35. The number of carbonyl (C=O) groups excluding carboxylic acids is 1. The Hall–Kier alpha value is -2.66. The second-order valence-electron chi connectivity index (χ2n) is 6.09. The molecule has 23 heavy (non-hydrogen) atoms. The zero-order valence-electron chi connectivity index (χ0n) is 12.2. The molecule has 0 fully saturated rings. The van der Waals surface area contributed by atoms with Gasteiger partial charge in [-0.2, -0.15) is 0 Å². The fourth-order valence-corrected chi connectivity index (χ4v) is 3.97. The van der Waals surface area contributed by atoms with Gasteiger partial charge < -0.3 is 10.3 Å². The van der Waals surface area contributed by atoms with Crippen molar-refractivity contribution in [3.8, 4) is 0 Å². The van der Waals surface area contributed by atoms with Crippen molar-refractivity contribution in [3.63, 3.8) is 0 Å². The molecule has 1 aromatic heterocycles. The Labute approximate surface area is 131 Å². The number of aromatic nitrogens is 1. The Morgan fingerprint density at radius 1 is 1.13 bits per heavy atom. The summed E-state index contributed by atoms with van der Waals surface area (Å²) in [5.41, 5.74) is 3.26. The molecule has 1 atom stereocenters. The predicted molar refractivity (Wildman–Crippen MR) is 85.8 cm³/mol. The summed E-state index contributed by atoms with van der Waals surface area (Å²) in [4.78, 5) is 16.3. The number of para-hydroxylation sites is 1. The molecule has 0 saturated heterocycles. The quantitative estimate of drug-likeness (QED) is 0.598. The highest BCUT2D eigenvalue weighted by Gasteiger charge is 2.52. The maximum absolute atomic E-state index is 13.9. The van der Waals surface area contributed by atoms with Crippen LogP contribution in [-0.2, 0) is 16.8 Å². The van der Waals surface area contributed by atoms with Crippen molar-refractivity contribution in [2.24, 2.45) is 0 Å². The molecule has 1 amide bonds. The Morgan fingerprint density at radius 3 is 2.91 bits per heavy atom. The molecule has 114 valence electrons. The number of benzene rings is 2. The van der Waals surface area contributed by atoms with Crippen LogP contribution in [-0.4, -0.2) is 17.4 Å². The summed E-state index contributed by atoms with van der Waals surface area (Å²) in [5.74, 6) is -0.489. The molecule has 3 aromatic rings. The van der Waals surface area contributed by atoms with Crippen LogP contribution in [0.15, 0.2) is 42.5 Å². The van der Waals surface area contributed by atoms with E-state index in [2.05, 4.69) is 15.6 Å². The molecule has 3 N–H and O–H groups in total. The molecule has 0 saturated carbocycles. The minimum absolute atomic E-state index is 0.149. The van der Waals surface area contributed by atoms with Gasteiger partial charge in [0.05, 0.1) is 0 Å². The van der Waals surface area contributed by atoms with E-state index in [1.165, 1.54) is 12.1 Å². The van der Waals surface area contributed by atoms with Crippen LogP contribution in [0, 0.1) is 5.82 Å². The Bertz CT molecular complexity index is 978. The number of anilines is 1. The topological polar surface area (TPSA) is 56.9 Å². The predicted octanol–water partition coefficient (Wildman–Crippen LogP) is 2.65. The maximum Gasteiger partial charge on any atom is 0.254 e. The summed E-state index contributed by atoms with van der Waals surface area (Å²) in [6, 6.07) is 12.4. The van der Waals surface area contributed by atoms with Crippen LogP contribution in [0.2, 0.25) is 0 Å². The van der Waals surface area contributed by atoms with Crippen LogP contribution >= 0.6 is 0 Å². The highest BCUT2D eigenvalue weighted by Crippen LogP contribution is 2.46. The van der Waals surface area contributed by atoms with Crippen LogP contribution in [0.1, 0.15) is 16.8 Å². The number of amides is 1. The van der Waals surface area contributed by atoms with Gasteiger partial charge in [0, 0.05) is 46.4 Å². The van der Waals surface area contributed by atoms with Gasteiger partial charge in [0.25, 0.3) is 5.91 Å². The van der Waals surface area contributed by atoms with Gasteiger partial charge in [-0.3, -0.25) is 10.1 Å². The number of hydrogen-bond donors (Lipinski definition) is 3. The highest BCUT2D eigenvalue weighted by atomic mass is 19.1. The van der Waals surface area contributed by atoms with Crippen LogP contribution in [0.25, 0.3) is 10.9 Å². The first-order valence-electron chi connectivity index (χ1n) is 7.67. The normalized spacial score (nSPS) is 22.2. The largest absolute Gasteiger partial charge is 0.358 e. The van der Waals surface area contributed by atoms with Crippen LogP contribution < -0.4 is 10.6 Å². The average Bonchev–Trinajstić information content (AvgIpc) is 3.06. The molecule has 0 radical (unpaired) electrons. The molecule has 0 bridgehead atoms. The SMILES string of the molecule is O=C1Nc2ccc(F)cc2C12NCCc1[nH]c3ccccc3c12. The lowest BCUT2D eigenvalue weighted by atomic mass is 9.79. The van der Waals surface area contributed by atoms with Gasteiger partial charge in [-0.1, -0.05) is 18.2 Å². The number of carbonyl (C=O) groups is 1. The van der Waals surface area contributed by atoms with Crippen molar-refractivity contribution >= 4 is 22.5 Å². The average molecular weight is 307 g/mol. The van der Waals surface area contributed by atoms with E-state index in [0.29, 0.717) is 17.8 Å². The number of rotatable bonds is 0. The smallest absolute Gasteiger partial charge is 0.254 e. The van der Waals surface area contributed by atoms with E-state index in [1.54, 1.807) is 6.07 Å². The summed E-state index contributed by atoms with van der Waals surface area (Å²) in [7, 11) is 0. The lowest BCUT2D eigenvalue weighted by molar-refractivity contribution is -0.120. The molecule has 1 unspecified atom stereocenters. The maximum atomic E-state index is 13.9. The Morgan fingerprint density at radius 2 is 2.00 bits per heavy atom. The molecule has 4 nitrogen and oxygen atoms in total. The summed E-state index contributed by atoms with van der Waals surface area (Å²) >= 11 is 0. The van der Waals surface area contributed by atoms with E-state index < -0.39 is 5.54 Å². The summed E-state index contributed by atoms with van der Waals surface area (Å²) < 4.78 is 13.9. The number of H-pyrrole nitrogens is 1. The van der Waals surface area contributed by atoms with Gasteiger partial charge in [-0.15, -0.1) is 0 Å². The van der Waals surface area contributed by atoms with Gasteiger partial charge in [0.2, 0.25) is 0 Å². The van der Waals surface area contributed by atoms with Gasteiger partial charge in [0.1, 0.15) is 5.82 Å².